The lowest BCUT2D eigenvalue weighted by molar-refractivity contribution is -0.192. The van der Waals surface area contributed by atoms with E-state index < -0.39 is 29.4 Å². The van der Waals surface area contributed by atoms with Gasteiger partial charge in [0.15, 0.2) is 0 Å². The molecule has 224 valence electrons. The number of hydrogen-bond donors (Lipinski definition) is 2. The van der Waals surface area contributed by atoms with Crippen LogP contribution in [0, 0.1) is 5.41 Å². The number of benzene rings is 1. The normalized spacial score (nSPS) is 17.0. The van der Waals surface area contributed by atoms with Crippen molar-refractivity contribution < 1.29 is 45.8 Å². The van der Waals surface area contributed by atoms with Crippen molar-refractivity contribution in [3.63, 3.8) is 0 Å². The average molecular weight is 590 g/mol. The van der Waals surface area contributed by atoms with Crippen molar-refractivity contribution in [2.24, 2.45) is 5.41 Å². The van der Waals surface area contributed by atoms with Crippen molar-refractivity contribution >= 4 is 23.6 Å². The number of halogens is 6. The Hall–Kier alpha value is -3.91. The van der Waals surface area contributed by atoms with E-state index in [1.165, 1.54) is 0 Å². The molecule has 1 aromatic carbocycles. The molecule has 1 saturated heterocycles. The number of carbonyl (C=O) groups excluding carboxylic acids is 2. The van der Waals surface area contributed by atoms with Crippen molar-refractivity contribution in [3.05, 3.63) is 53.5 Å². The van der Waals surface area contributed by atoms with Crippen LogP contribution in [0.25, 0.3) is 0 Å². The van der Waals surface area contributed by atoms with E-state index in [-0.39, 0.29) is 30.2 Å². The zero-order chi connectivity index (χ0) is 30.6. The number of aromatic nitrogens is 2. The van der Waals surface area contributed by atoms with Gasteiger partial charge in [-0.25, -0.2) is 14.8 Å². The highest BCUT2D eigenvalue weighted by Gasteiger charge is 2.46. The molecule has 1 spiro atoms. The van der Waals surface area contributed by atoms with Gasteiger partial charge in [-0.05, 0) is 44.2 Å². The maximum atomic E-state index is 13.8. The Morgan fingerprint density at radius 1 is 1.05 bits per heavy atom. The van der Waals surface area contributed by atoms with E-state index in [4.69, 9.17) is 9.90 Å². The van der Waals surface area contributed by atoms with Gasteiger partial charge in [0.2, 0.25) is 11.8 Å². The van der Waals surface area contributed by atoms with Gasteiger partial charge in [-0.3, -0.25) is 9.59 Å². The van der Waals surface area contributed by atoms with Crippen molar-refractivity contribution in [2.75, 3.05) is 24.5 Å². The molecule has 2 amide bonds. The fraction of sp³-hybridized carbons (Fsp3) is 0.500. The highest BCUT2D eigenvalue weighted by Crippen LogP contribution is 2.41. The summed E-state index contributed by atoms with van der Waals surface area (Å²) in [6.07, 6.45) is -7.27. The van der Waals surface area contributed by atoms with E-state index in [2.05, 4.69) is 15.3 Å². The van der Waals surface area contributed by atoms with Gasteiger partial charge in [0, 0.05) is 31.7 Å². The first-order valence-corrected chi connectivity index (χ1v) is 12.6. The molecule has 0 saturated carbocycles. The summed E-state index contributed by atoms with van der Waals surface area (Å²) in [6, 6.07) is 8.76. The molecule has 0 radical (unpaired) electrons. The van der Waals surface area contributed by atoms with Gasteiger partial charge < -0.3 is 20.2 Å². The first kappa shape index (κ1) is 31.6. The zero-order valence-electron chi connectivity index (χ0n) is 22.2. The van der Waals surface area contributed by atoms with Crippen LogP contribution >= 0.6 is 0 Å². The maximum absolute atomic E-state index is 13.8. The molecule has 9 nitrogen and oxygen atoms in total. The second kappa shape index (κ2) is 12.3. The number of hydrogen-bond acceptors (Lipinski definition) is 6. The third-order valence-electron chi connectivity index (χ3n) is 6.76. The molecule has 3 heterocycles. The van der Waals surface area contributed by atoms with E-state index in [0.29, 0.717) is 38.9 Å². The van der Waals surface area contributed by atoms with Crippen molar-refractivity contribution in [1.82, 2.24) is 20.2 Å². The van der Waals surface area contributed by atoms with Crippen LogP contribution < -0.4 is 10.2 Å². The van der Waals surface area contributed by atoms with Crippen LogP contribution in [0.5, 0.6) is 0 Å². The van der Waals surface area contributed by atoms with Crippen LogP contribution in [-0.2, 0) is 33.5 Å². The summed E-state index contributed by atoms with van der Waals surface area (Å²) in [5.41, 5.74) is 0.372. The number of nitrogens with one attached hydrogen (secondary N) is 1. The van der Waals surface area contributed by atoms with E-state index in [9.17, 15) is 35.9 Å². The summed E-state index contributed by atoms with van der Waals surface area (Å²) in [4.78, 5) is 45.9. The quantitative estimate of drug-likeness (QED) is 0.521. The average Bonchev–Trinajstić information content (AvgIpc) is 2.98. The lowest BCUT2D eigenvalue weighted by Gasteiger charge is -2.42. The molecule has 1 aromatic heterocycles. The minimum absolute atomic E-state index is 0.0301. The van der Waals surface area contributed by atoms with E-state index in [1.807, 2.05) is 38.1 Å². The standard InChI is InChI=1S/C24H28F3N5O2.C2HF3O2/c1-16(2)30-21(33)14-32-13-18-6-4-3-5-17(18)12-23(22(32)34)7-9-31(10-8-23)20-11-19(24(25,26)27)28-15-29-20;3-2(4,5)1(6)7/h3-6,11,15-16H,7-10,12-14H2,1-2H3,(H,30,33);(H,6,7). The second-order valence-corrected chi connectivity index (χ2v) is 10.2. The Balaban J connectivity index is 0.000000587. The van der Waals surface area contributed by atoms with Crippen molar-refractivity contribution in [3.8, 4) is 0 Å². The Morgan fingerprint density at radius 3 is 2.17 bits per heavy atom. The summed E-state index contributed by atoms with van der Waals surface area (Å²) in [7, 11) is 0. The zero-order valence-corrected chi connectivity index (χ0v) is 22.2. The predicted molar refractivity (Wildman–Crippen MR) is 133 cm³/mol. The number of carboxylic acids is 1. The van der Waals surface area contributed by atoms with E-state index in [1.54, 1.807) is 9.80 Å². The summed E-state index contributed by atoms with van der Waals surface area (Å²) in [6.45, 7) is 4.82. The second-order valence-electron chi connectivity index (χ2n) is 10.2. The molecule has 0 atom stereocenters. The number of carboxylic acid groups (broad SMARTS) is 1. The smallest absolute Gasteiger partial charge is 0.475 e. The largest absolute Gasteiger partial charge is 0.490 e. The molecule has 2 aliphatic rings. The summed E-state index contributed by atoms with van der Waals surface area (Å²) >= 11 is 0. The van der Waals surface area contributed by atoms with E-state index in [0.717, 1.165) is 23.5 Å². The number of amides is 2. The summed E-state index contributed by atoms with van der Waals surface area (Å²) in [5, 5.41) is 9.97. The van der Waals surface area contributed by atoms with Gasteiger partial charge in [-0.2, -0.15) is 26.3 Å². The monoisotopic (exact) mass is 589 g/mol. The van der Waals surface area contributed by atoms with Crippen molar-refractivity contribution in [1.29, 1.82) is 0 Å². The number of aliphatic carboxylic acids is 1. The molecule has 2 aromatic rings. The lowest BCUT2D eigenvalue weighted by Crippen LogP contribution is -2.52. The molecule has 15 heteroatoms. The first-order valence-electron chi connectivity index (χ1n) is 12.6. The molecule has 2 aliphatic heterocycles. The lowest BCUT2D eigenvalue weighted by atomic mass is 9.73. The van der Waals surface area contributed by atoms with Gasteiger partial charge in [-0.15, -0.1) is 0 Å². The number of nitrogens with zero attached hydrogens (tertiary/aromatic N) is 4. The first-order chi connectivity index (χ1) is 19.0. The number of rotatable bonds is 4. The Labute approximate surface area is 231 Å². The molecular weight excluding hydrogens is 560 g/mol. The van der Waals surface area contributed by atoms with E-state index >= 15 is 0 Å². The molecule has 2 N–H and O–H groups in total. The third-order valence-corrected chi connectivity index (χ3v) is 6.76. The summed E-state index contributed by atoms with van der Waals surface area (Å²) < 4.78 is 71.0. The SMILES string of the molecule is CC(C)NC(=O)CN1Cc2ccccc2CC2(CCN(c3cc(C(F)(F)F)ncn3)CC2)C1=O.O=C(O)C(F)(F)F. The van der Waals surface area contributed by atoms with Crippen molar-refractivity contribution in [2.45, 2.75) is 58.0 Å². The van der Waals surface area contributed by atoms with Crippen LogP contribution in [0.4, 0.5) is 32.2 Å². The molecule has 0 unspecified atom stereocenters. The highest BCUT2D eigenvalue weighted by molar-refractivity contribution is 5.89. The minimum atomic E-state index is -5.08. The molecule has 4 rings (SSSR count). The summed E-state index contributed by atoms with van der Waals surface area (Å²) in [5.74, 6) is -2.85. The highest BCUT2D eigenvalue weighted by atomic mass is 19.4. The number of carbonyl (C=O) groups is 3. The van der Waals surface area contributed by atoms with Crippen LogP contribution in [-0.4, -0.2) is 69.6 Å². The van der Waals surface area contributed by atoms with Gasteiger partial charge in [0.1, 0.15) is 17.8 Å². The number of alkyl halides is 6. The fourth-order valence-electron chi connectivity index (χ4n) is 4.84. The Kier molecular flexibility index (Phi) is 9.49. The Bertz CT molecular complexity index is 1260. The van der Waals surface area contributed by atoms with Crippen LogP contribution in [0.2, 0.25) is 0 Å². The van der Waals surface area contributed by atoms with Gasteiger partial charge >= 0.3 is 18.3 Å². The van der Waals surface area contributed by atoms with Gasteiger partial charge in [0.25, 0.3) is 0 Å². The van der Waals surface area contributed by atoms with Crippen LogP contribution in [0.1, 0.15) is 43.5 Å². The number of piperidine rings is 1. The number of fused-ring (bicyclic) bond motifs is 1. The molecule has 0 bridgehead atoms. The molecule has 0 aliphatic carbocycles. The predicted octanol–water partition coefficient (Wildman–Crippen LogP) is 3.82. The Morgan fingerprint density at radius 2 is 1.63 bits per heavy atom. The van der Waals surface area contributed by atoms with Gasteiger partial charge in [-0.1, -0.05) is 24.3 Å². The van der Waals surface area contributed by atoms with Gasteiger partial charge in [0.05, 0.1) is 12.0 Å². The van der Waals surface area contributed by atoms with Crippen LogP contribution in [0.15, 0.2) is 36.7 Å². The fourth-order valence-corrected chi connectivity index (χ4v) is 4.84. The topological polar surface area (TPSA) is 116 Å². The maximum Gasteiger partial charge on any atom is 0.490 e. The molecule has 1 fully saturated rings. The molecular formula is C26H29F6N5O4. The molecule has 41 heavy (non-hydrogen) atoms. The number of anilines is 1. The van der Waals surface area contributed by atoms with Crippen LogP contribution in [0.3, 0.4) is 0 Å². The third kappa shape index (κ3) is 8.07. The minimum Gasteiger partial charge on any atom is -0.475 e.